The van der Waals surface area contributed by atoms with Crippen LogP contribution in [0.25, 0.3) is 11.3 Å². The molecule has 0 fully saturated rings. The topological polar surface area (TPSA) is 54.7 Å². The summed E-state index contributed by atoms with van der Waals surface area (Å²) in [5.74, 6) is 0.186. The molecule has 0 saturated carbocycles. The number of aromatic nitrogens is 2. The number of H-pyrrole nitrogens is 1. The van der Waals surface area contributed by atoms with E-state index in [1.54, 1.807) is 12.1 Å². The van der Waals surface area contributed by atoms with Gasteiger partial charge in [0.1, 0.15) is 11.6 Å². The number of anilines is 1. The number of rotatable bonds is 1. The predicted octanol–water partition coefficient (Wildman–Crippen LogP) is 2.40. The summed E-state index contributed by atoms with van der Waals surface area (Å²) in [6.07, 6.45) is 0. The van der Waals surface area contributed by atoms with Gasteiger partial charge >= 0.3 is 0 Å². The summed E-state index contributed by atoms with van der Waals surface area (Å²) in [7, 11) is 0. The van der Waals surface area contributed by atoms with Gasteiger partial charge in [-0.2, -0.15) is 5.10 Å². The molecule has 14 heavy (non-hydrogen) atoms. The van der Waals surface area contributed by atoms with Crippen LogP contribution in [-0.2, 0) is 0 Å². The fraction of sp³-hybridized carbons (Fsp3) is 0. The van der Waals surface area contributed by atoms with Crippen molar-refractivity contribution in [1.29, 1.82) is 0 Å². The first-order valence-corrected chi connectivity index (χ1v) is 5.01. The van der Waals surface area contributed by atoms with Crippen molar-refractivity contribution in [2.24, 2.45) is 0 Å². The van der Waals surface area contributed by atoms with Crippen LogP contribution < -0.4 is 5.73 Å². The lowest BCUT2D eigenvalue weighted by molar-refractivity contribution is 0.627. The lowest BCUT2D eigenvalue weighted by Gasteiger charge is -2.00. The number of nitrogen functional groups attached to an aromatic ring is 1. The monoisotopic (exact) mass is 303 g/mol. The quantitative estimate of drug-likeness (QED) is 0.795. The summed E-state index contributed by atoms with van der Waals surface area (Å²) in [4.78, 5) is 0. The van der Waals surface area contributed by atoms with E-state index in [0.29, 0.717) is 5.82 Å². The molecule has 72 valence electrons. The van der Waals surface area contributed by atoms with Crippen molar-refractivity contribution in [3.63, 3.8) is 0 Å². The molecule has 5 heteroatoms. The van der Waals surface area contributed by atoms with E-state index in [-0.39, 0.29) is 5.82 Å². The van der Waals surface area contributed by atoms with E-state index in [1.807, 2.05) is 0 Å². The van der Waals surface area contributed by atoms with Gasteiger partial charge in [-0.15, -0.1) is 0 Å². The molecule has 2 aromatic rings. The zero-order chi connectivity index (χ0) is 10.1. The summed E-state index contributed by atoms with van der Waals surface area (Å²) in [6.45, 7) is 0. The lowest BCUT2D eigenvalue weighted by Crippen LogP contribution is -1.84. The Labute approximate surface area is 93.7 Å². The average molecular weight is 303 g/mol. The Morgan fingerprint density at radius 2 is 2.14 bits per heavy atom. The number of benzene rings is 1. The molecule has 0 radical (unpaired) electrons. The van der Waals surface area contributed by atoms with Crippen LogP contribution in [0.15, 0.2) is 24.3 Å². The predicted molar refractivity (Wildman–Crippen MR) is 61.1 cm³/mol. The summed E-state index contributed by atoms with van der Waals surface area (Å²) < 4.78 is 13.6. The normalized spacial score (nSPS) is 10.4. The third kappa shape index (κ3) is 1.72. The molecule has 3 nitrogen and oxygen atoms in total. The Hall–Kier alpha value is -1.11. The third-order valence-corrected chi connectivity index (χ3v) is 2.71. The number of nitrogens with two attached hydrogens (primary N) is 1. The molecule has 3 N–H and O–H groups in total. The second kappa shape index (κ2) is 3.56. The van der Waals surface area contributed by atoms with Crippen LogP contribution in [0.3, 0.4) is 0 Å². The van der Waals surface area contributed by atoms with E-state index in [1.165, 1.54) is 12.1 Å². The van der Waals surface area contributed by atoms with Crippen molar-refractivity contribution in [1.82, 2.24) is 10.2 Å². The van der Waals surface area contributed by atoms with E-state index in [9.17, 15) is 4.39 Å². The second-order valence-corrected chi connectivity index (χ2v) is 3.99. The maximum Gasteiger partial charge on any atom is 0.145 e. The Bertz CT molecular complexity index is 467. The molecule has 0 aliphatic rings. The zero-order valence-corrected chi connectivity index (χ0v) is 9.25. The molecule has 0 saturated heterocycles. The summed E-state index contributed by atoms with van der Waals surface area (Å²) in [6, 6.07) is 6.29. The van der Waals surface area contributed by atoms with Crippen molar-refractivity contribution in [2.75, 3.05) is 5.73 Å². The highest BCUT2D eigenvalue weighted by Gasteiger charge is 2.06. The van der Waals surface area contributed by atoms with E-state index < -0.39 is 0 Å². The fourth-order valence-electron chi connectivity index (χ4n) is 1.18. The lowest BCUT2D eigenvalue weighted by atomic mass is 10.1. The molecule has 0 aliphatic heterocycles. The van der Waals surface area contributed by atoms with Crippen LogP contribution in [0.5, 0.6) is 0 Å². The molecular weight excluding hydrogens is 296 g/mol. The third-order valence-electron chi connectivity index (χ3n) is 1.82. The first-order chi connectivity index (χ1) is 6.66. The molecule has 0 unspecified atom stereocenters. The summed E-state index contributed by atoms with van der Waals surface area (Å²) >= 11 is 2.07. The smallest absolute Gasteiger partial charge is 0.145 e. The molecule has 1 aromatic heterocycles. The standard InChI is InChI=1S/C9H7FIN3/c10-5-1-2-6(7(11)3-5)8-4-9(12)14-13-8/h1-4H,(H3,12,13,14). The van der Waals surface area contributed by atoms with Crippen LogP contribution in [0.2, 0.25) is 0 Å². The van der Waals surface area contributed by atoms with Crippen LogP contribution in [-0.4, -0.2) is 10.2 Å². The molecule has 2 rings (SSSR count). The SMILES string of the molecule is Nc1cc(-c2ccc(F)cc2I)[nH]n1. The van der Waals surface area contributed by atoms with Gasteiger partial charge in [0, 0.05) is 15.2 Å². The summed E-state index contributed by atoms with van der Waals surface area (Å²) in [5, 5.41) is 6.59. The molecule has 0 atom stereocenters. The highest BCUT2D eigenvalue weighted by atomic mass is 127. The number of aromatic amines is 1. The number of hydrogen-bond acceptors (Lipinski definition) is 2. The Balaban J connectivity index is 2.52. The molecule has 0 bridgehead atoms. The Morgan fingerprint density at radius 1 is 1.36 bits per heavy atom. The molecule has 0 spiro atoms. The fourth-order valence-corrected chi connectivity index (χ4v) is 1.95. The van der Waals surface area contributed by atoms with Crippen molar-refractivity contribution < 1.29 is 4.39 Å². The van der Waals surface area contributed by atoms with Crippen LogP contribution in [0.1, 0.15) is 0 Å². The minimum Gasteiger partial charge on any atom is -0.382 e. The number of nitrogens with one attached hydrogen (secondary N) is 1. The first kappa shape index (κ1) is 9.45. The Morgan fingerprint density at radius 3 is 2.71 bits per heavy atom. The number of nitrogens with zero attached hydrogens (tertiary/aromatic N) is 1. The van der Waals surface area contributed by atoms with Gasteiger partial charge in [0.2, 0.25) is 0 Å². The zero-order valence-electron chi connectivity index (χ0n) is 7.09. The van der Waals surface area contributed by atoms with Crippen molar-refractivity contribution in [2.45, 2.75) is 0 Å². The van der Waals surface area contributed by atoms with Crippen molar-refractivity contribution >= 4 is 28.4 Å². The second-order valence-electron chi connectivity index (χ2n) is 2.83. The van der Waals surface area contributed by atoms with Crippen LogP contribution in [0, 0.1) is 9.39 Å². The van der Waals surface area contributed by atoms with E-state index in [4.69, 9.17) is 5.73 Å². The van der Waals surface area contributed by atoms with Gasteiger partial charge in [-0.05, 0) is 40.8 Å². The number of halogens is 2. The Kier molecular flexibility index (Phi) is 2.40. The largest absolute Gasteiger partial charge is 0.382 e. The summed E-state index contributed by atoms with van der Waals surface area (Å²) in [5.41, 5.74) is 7.17. The molecular formula is C9H7FIN3. The minimum atomic E-state index is -0.245. The van der Waals surface area contributed by atoms with E-state index >= 15 is 0 Å². The van der Waals surface area contributed by atoms with Crippen LogP contribution in [0.4, 0.5) is 10.2 Å². The maximum atomic E-state index is 12.8. The first-order valence-electron chi connectivity index (χ1n) is 3.93. The highest BCUT2D eigenvalue weighted by Crippen LogP contribution is 2.24. The van der Waals surface area contributed by atoms with Gasteiger partial charge in [-0.1, -0.05) is 0 Å². The molecule has 1 aromatic carbocycles. The van der Waals surface area contributed by atoms with Crippen molar-refractivity contribution in [3.8, 4) is 11.3 Å². The van der Waals surface area contributed by atoms with Gasteiger partial charge in [-0.3, -0.25) is 5.10 Å². The minimum absolute atomic E-state index is 0.245. The average Bonchev–Trinajstić information content (AvgIpc) is 2.51. The van der Waals surface area contributed by atoms with Crippen molar-refractivity contribution in [3.05, 3.63) is 33.7 Å². The highest BCUT2D eigenvalue weighted by molar-refractivity contribution is 14.1. The van der Waals surface area contributed by atoms with Gasteiger partial charge in [0.25, 0.3) is 0 Å². The van der Waals surface area contributed by atoms with Gasteiger partial charge in [-0.25, -0.2) is 4.39 Å². The molecule has 0 aliphatic carbocycles. The van der Waals surface area contributed by atoms with Gasteiger partial charge < -0.3 is 5.73 Å². The van der Waals surface area contributed by atoms with Gasteiger partial charge in [0.15, 0.2) is 0 Å². The number of hydrogen-bond donors (Lipinski definition) is 2. The van der Waals surface area contributed by atoms with E-state index in [2.05, 4.69) is 32.8 Å². The van der Waals surface area contributed by atoms with Crippen LogP contribution >= 0.6 is 22.6 Å². The van der Waals surface area contributed by atoms with E-state index in [0.717, 1.165) is 14.8 Å². The molecule has 1 heterocycles. The molecule has 0 amide bonds. The maximum absolute atomic E-state index is 12.8. The van der Waals surface area contributed by atoms with Gasteiger partial charge in [0.05, 0.1) is 5.69 Å².